The highest BCUT2D eigenvalue weighted by Gasteiger charge is 2.27. The summed E-state index contributed by atoms with van der Waals surface area (Å²) in [6.45, 7) is 4.67. The van der Waals surface area contributed by atoms with Crippen molar-refractivity contribution in [2.45, 2.75) is 77.3 Å². The van der Waals surface area contributed by atoms with Gasteiger partial charge >= 0.3 is 0 Å². The molecule has 19 heavy (non-hydrogen) atoms. The molecule has 2 saturated carbocycles. The molecule has 2 aliphatic rings. The molecule has 0 aromatic rings. The van der Waals surface area contributed by atoms with Crippen LogP contribution < -0.4 is 16.6 Å². The van der Waals surface area contributed by atoms with Gasteiger partial charge in [-0.25, -0.2) is 10.8 Å². The number of hydrogen-bond acceptors (Lipinski definition) is 2. The lowest BCUT2D eigenvalue weighted by molar-refractivity contribution is 0.240. The van der Waals surface area contributed by atoms with Crippen molar-refractivity contribution in [1.29, 1.82) is 0 Å². The molecule has 0 aromatic carbocycles. The Kier molecular flexibility index (Phi) is 5.49. The van der Waals surface area contributed by atoms with E-state index in [0.717, 1.165) is 11.9 Å². The SMILES string of the molecule is CC1CCCC(N=C(NN)NC2CCCCC2)C1C. The van der Waals surface area contributed by atoms with Gasteiger partial charge in [-0.1, -0.05) is 46.0 Å². The van der Waals surface area contributed by atoms with Gasteiger partial charge < -0.3 is 5.32 Å². The summed E-state index contributed by atoms with van der Waals surface area (Å²) in [5, 5.41) is 3.50. The van der Waals surface area contributed by atoms with Crippen LogP contribution in [0.2, 0.25) is 0 Å². The van der Waals surface area contributed by atoms with Gasteiger partial charge in [-0.05, 0) is 31.1 Å². The van der Waals surface area contributed by atoms with E-state index in [4.69, 9.17) is 10.8 Å². The first-order valence-corrected chi connectivity index (χ1v) is 8.01. The molecule has 0 bridgehead atoms. The van der Waals surface area contributed by atoms with Crippen LogP contribution in [0.1, 0.15) is 65.2 Å². The lowest BCUT2D eigenvalue weighted by Gasteiger charge is -2.32. The second-order valence-electron chi connectivity index (χ2n) is 6.44. The maximum Gasteiger partial charge on any atom is 0.206 e. The topological polar surface area (TPSA) is 62.4 Å². The van der Waals surface area contributed by atoms with Crippen LogP contribution in [0.25, 0.3) is 0 Å². The van der Waals surface area contributed by atoms with Crippen molar-refractivity contribution >= 4 is 5.96 Å². The predicted molar refractivity (Wildman–Crippen MR) is 80.7 cm³/mol. The third-order valence-electron chi connectivity index (χ3n) is 5.04. The molecule has 2 aliphatic carbocycles. The van der Waals surface area contributed by atoms with Gasteiger partial charge in [0.2, 0.25) is 5.96 Å². The molecule has 0 radical (unpaired) electrons. The molecular weight excluding hydrogens is 236 g/mol. The van der Waals surface area contributed by atoms with Crippen LogP contribution in [0, 0.1) is 11.8 Å². The number of nitrogens with zero attached hydrogens (tertiary/aromatic N) is 1. The number of aliphatic imine (C=N–C) groups is 1. The van der Waals surface area contributed by atoms with Crippen LogP contribution in [0.4, 0.5) is 0 Å². The van der Waals surface area contributed by atoms with Crippen molar-refractivity contribution in [2.75, 3.05) is 0 Å². The van der Waals surface area contributed by atoms with Gasteiger partial charge in [0.1, 0.15) is 0 Å². The smallest absolute Gasteiger partial charge is 0.206 e. The van der Waals surface area contributed by atoms with Crippen LogP contribution in [-0.2, 0) is 0 Å². The van der Waals surface area contributed by atoms with E-state index in [2.05, 4.69) is 24.6 Å². The summed E-state index contributed by atoms with van der Waals surface area (Å²) in [6, 6.07) is 0.978. The highest BCUT2D eigenvalue weighted by molar-refractivity contribution is 5.79. The van der Waals surface area contributed by atoms with Gasteiger partial charge in [-0.15, -0.1) is 0 Å². The minimum absolute atomic E-state index is 0.422. The molecule has 0 heterocycles. The van der Waals surface area contributed by atoms with Gasteiger partial charge in [-0.3, -0.25) is 5.43 Å². The fourth-order valence-electron chi connectivity index (χ4n) is 3.46. The molecule has 2 rings (SSSR count). The summed E-state index contributed by atoms with van der Waals surface area (Å²) < 4.78 is 0. The van der Waals surface area contributed by atoms with E-state index in [-0.39, 0.29) is 0 Å². The number of hydrogen-bond donors (Lipinski definition) is 3. The largest absolute Gasteiger partial charge is 0.353 e. The molecule has 4 heteroatoms. The van der Waals surface area contributed by atoms with E-state index in [1.807, 2.05) is 0 Å². The molecule has 3 unspecified atom stereocenters. The standard InChI is InChI=1S/C15H30N4/c1-11-7-6-10-14(12(11)2)18-15(19-16)17-13-8-4-3-5-9-13/h11-14H,3-10,16H2,1-2H3,(H2,17,18,19). The van der Waals surface area contributed by atoms with Gasteiger partial charge in [0.25, 0.3) is 0 Å². The highest BCUT2D eigenvalue weighted by atomic mass is 15.3. The molecule has 0 aliphatic heterocycles. The van der Waals surface area contributed by atoms with Crippen LogP contribution in [-0.4, -0.2) is 18.0 Å². The lowest BCUT2D eigenvalue weighted by atomic mass is 9.78. The Hall–Kier alpha value is -0.770. The molecule has 4 nitrogen and oxygen atoms in total. The average Bonchev–Trinajstić information content (AvgIpc) is 2.44. The summed E-state index contributed by atoms with van der Waals surface area (Å²) in [4.78, 5) is 4.85. The molecule has 0 amide bonds. The second kappa shape index (κ2) is 7.13. The summed E-state index contributed by atoms with van der Waals surface area (Å²) in [5.41, 5.74) is 2.77. The van der Waals surface area contributed by atoms with Crippen LogP contribution >= 0.6 is 0 Å². The quantitative estimate of drug-likeness (QED) is 0.311. The van der Waals surface area contributed by atoms with E-state index in [1.165, 1.54) is 51.4 Å². The Bertz CT molecular complexity index is 297. The normalized spacial score (nSPS) is 34.1. The van der Waals surface area contributed by atoms with E-state index < -0.39 is 0 Å². The summed E-state index contributed by atoms with van der Waals surface area (Å²) in [7, 11) is 0. The maximum atomic E-state index is 5.64. The van der Waals surface area contributed by atoms with Gasteiger partial charge in [0, 0.05) is 6.04 Å². The van der Waals surface area contributed by atoms with Crippen molar-refractivity contribution in [3.05, 3.63) is 0 Å². The summed E-state index contributed by atoms with van der Waals surface area (Å²) >= 11 is 0. The third kappa shape index (κ3) is 4.10. The van der Waals surface area contributed by atoms with E-state index in [1.54, 1.807) is 0 Å². The first kappa shape index (κ1) is 14.6. The lowest BCUT2D eigenvalue weighted by Crippen LogP contribution is -2.48. The molecule has 0 saturated heterocycles. The molecule has 0 aromatic heterocycles. The van der Waals surface area contributed by atoms with Gasteiger partial charge in [0.05, 0.1) is 6.04 Å². The monoisotopic (exact) mass is 266 g/mol. The highest BCUT2D eigenvalue weighted by Crippen LogP contribution is 2.31. The van der Waals surface area contributed by atoms with Crippen LogP contribution in [0.3, 0.4) is 0 Å². The predicted octanol–water partition coefficient (Wildman–Crippen LogP) is 2.55. The van der Waals surface area contributed by atoms with Crippen molar-refractivity contribution in [3.8, 4) is 0 Å². The van der Waals surface area contributed by atoms with Gasteiger partial charge in [0.15, 0.2) is 0 Å². The summed E-state index contributed by atoms with van der Waals surface area (Å²) in [5.74, 6) is 7.88. The fraction of sp³-hybridized carbons (Fsp3) is 0.933. The number of hydrazine groups is 1. The van der Waals surface area contributed by atoms with E-state index in [0.29, 0.717) is 18.0 Å². The zero-order chi connectivity index (χ0) is 13.7. The van der Waals surface area contributed by atoms with Crippen LogP contribution in [0.5, 0.6) is 0 Å². The first-order chi connectivity index (χ1) is 9.20. The Balaban J connectivity index is 1.93. The van der Waals surface area contributed by atoms with E-state index in [9.17, 15) is 0 Å². The second-order valence-corrected chi connectivity index (χ2v) is 6.44. The molecule has 3 atom stereocenters. The Labute approximate surface area is 117 Å². The Morgan fingerprint density at radius 2 is 1.74 bits per heavy atom. The van der Waals surface area contributed by atoms with Crippen molar-refractivity contribution in [2.24, 2.45) is 22.7 Å². The molecular formula is C15H30N4. The third-order valence-corrected chi connectivity index (χ3v) is 5.04. The minimum Gasteiger partial charge on any atom is -0.353 e. The van der Waals surface area contributed by atoms with Crippen molar-refractivity contribution in [3.63, 3.8) is 0 Å². The van der Waals surface area contributed by atoms with E-state index >= 15 is 0 Å². The first-order valence-electron chi connectivity index (χ1n) is 8.01. The number of nitrogens with two attached hydrogens (primary N) is 1. The molecule has 110 valence electrons. The zero-order valence-corrected chi connectivity index (χ0v) is 12.5. The average molecular weight is 266 g/mol. The number of rotatable bonds is 2. The minimum atomic E-state index is 0.422. The van der Waals surface area contributed by atoms with Gasteiger partial charge in [-0.2, -0.15) is 0 Å². The zero-order valence-electron chi connectivity index (χ0n) is 12.5. The fourth-order valence-corrected chi connectivity index (χ4v) is 3.46. The molecule has 4 N–H and O–H groups in total. The number of nitrogens with one attached hydrogen (secondary N) is 2. The van der Waals surface area contributed by atoms with Crippen molar-refractivity contribution < 1.29 is 0 Å². The Morgan fingerprint density at radius 3 is 2.42 bits per heavy atom. The Morgan fingerprint density at radius 1 is 1.00 bits per heavy atom. The van der Waals surface area contributed by atoms with Crippen molar-refractivity contribution in [1.82, 2.24) is 10.7 Å². The summed E-state index contributed by atoms with van der Waals surface area (Å²) in [6.07, 6.45) is 10.4. The number of guanidine groups is 1. The van der Waals surface area contributed by atoms with Crippen LogP contribution in [0.15, 0.2) is 4.99 Å². The molecule has 2 fully saturated rings. The molecule has 0 spiro atoms. The maximum absolute atomic E-state index is 5.64.